The zero-order chi connectivity index (χ0) is 12.6. The fraction of sp³-hybridized carbons (Fsp3) is 0.778. The molecule has 94 valence electrons. The van der Waals surface area contributed by atoms with E-state index < -0.39 is 6.04 Å². The number of hydrogen-bond donors (Lipinski definition) is 3. The van der Waals surface area contributed by atoms with E-state index in [9.17, 15) is 9.59 Å². The van der Waals surface area contributed by atoms with Crippen LogP contribution in [0.2, 0.25) is 0 Å². The first-order valence-electron chi connectivity index (χ1n) is 5.03. The number of rotatable bonds is 7. The quantitative estimate of drug-likeness (QED) is 0.269. The Balaban J connectivity index is 4.31. The number of nitrogens with one attached hydrogen (secondary N) is 2. The fourth-order valence-electron chi connectivity index (χ4n) is 1.25. The molecule has 0 rings (SSSR count). The minimum Gasteiger partial charge on any atom is -0.383 e. The molecule has 2 amide bonds. The average Bonchev–Trinajstić information content (AvgIpc) is 2.24. The number of ether oxygens (including phenoxy) is 1. The number of carbonyl (C=O) groups is 2. The molecule has 0 aromatic rings. The molecule has 0 heterocycles. The summed E-state index contributed by atoms with van der Waals surface area (Å²) in [5, 5.41) is 2.65. The van der Waals surface area contributed by atoms with Gasteiger partial charge in [-0.25, -0.2) is 5.84 Å². The minimum atomic E-state index is -0.572. The molecule has 0 bridgehead atoms. The largest absolute Gasteiger partial charge is 0.383 e. The third-order valence-electron chi connectivity index (χ3n) is 2.07. The van der Waals surface area contributed by atoms with Crippen LogP contribution in [-0.2, 0) is 14.3 Å². The van der Waals surface area contributed by atoms with E-state index in [0.717, 1.165) is 0 Å². The molecular formula is C9H20N4O3. The molecule has 0 aromatic heterocycles. The van der Waals surface area contributed by atoms with Gasteiger partial charge in [0.15, 0.2) is 0 Å². The molecule has 0 spiro atoms. The zero-order valence-corrected chi connectivity index (χ0v) is 9.95. The summed E-state index contributed by atoms with van der Waals surface area (Å²) in [5.74, 6) is 4.52. The number of carbonyl (C=O) groups excluding carboxylic acids is 2. The molecule has 16 heavy (non-hydrogen) atoms. The van der Waals surface area contributed by atoms with Gasteiger partial charge in [-0.05, 0) is 14.0 Å². The summed E-state index contributed by atoms with van der Waals surface area (Å²) in [6, 6.07) is -0.572. The van der Waals surface area contributed by atoms with Crippen molar-refractivity contribution in [1.82, 2.24) is 15.6 Å². The van der Waals surface area contributed by atoms with Crippen LogP contribution < -0.4 is 16.6 Å². The first-order valence-corrected chi connectivity index (χ1v) is 5.03. The molecule has 0 saturated carbocycles. The highest BCUT2D eigenvalue weighted by Crippen LogP contribution is 1.97. The van der Waals surface area contributed by atoms with Crippen molar-refractivity contribution in [2.24, 2.45) is 5.84 Å². The van der Waals surface area contributed by atoms with Gasteiger partial charge in [-0.15, -0.1) is 0 Å². The van der Waals surface area contributed by atoms with Gasteiger partial charge in [0.05, 0.1) is 13.2 Å². The van der Waals surface area contributed by atoms with Crippen molar-refractivity contribution in [3.05, 3.63) is 0 Å². The number of methoxy groups -OCH3 is 1. The van der Waals surface area contributed by atoms with Crippen molar-refractivity contribution in [2.45, 2.75) is 13.0 Å². The SMILES string of the molecule is CCNC(=O)CN(C)C(COC)C(=O)NN. The second-order valence-electron chi connectivity index (χ2n) is 3.35. The van der Waals surface area contributed by atoms with Crippen LogP contribution in [0.15, 0.2) is 0 Å². The Labute approximate surface area is 95.3 Å². The normalized spacial score (nSPS) is 12.3. The molecular weight excluding hydrogens is 212 g/mol. The highest BCUT2D eigenvalue weighted by atomic mass is 16.5. The third kappa shape index (κ3) is 5.06. The summed E-state index contributed by atoms with van der Waals surface area (Å²) in [6.45, 7) is 2.69. The molecule has 0 aliphatic carbocycles. The van der Waals surface area contributed by atoms with E-state index in [4.69, 9.17) is 10.6 Å². The smallest absolute Gasteiger partial charge is 0.253 e. The van der Waals surface area contributed by atoms with Crippen LogP contribution in [0.1, 0.15) is 6.92 Å². The van der Waals surface area contributed by atoms with Crippen molar-refractivity contribution in [1.29, 1.82) is 0 Å². The maximum atomic E-state index is 11.4. The van der Waals surface area contributed by atoms with E-state index in [-0.39, 0.29) is 25.0 Å². The lowest BCUT2D eigenvalue weighted by Crippen LogP contribution is -2.52. The highest BCUT2D eigenvalue weighted by Gasteiger charge is 2.23. The zero-order valence-electron chi connectivity index (χ0n) is 9.95. The molecule has 0 aliphatic heterocycles. The van der Waals surface area contributed by atoms with Crippen molar-refractivity contribution in [3.8, 4) is 0 Å². The number of hydrazine groups is 1. The maximum Gasteiger partial charge on any atom is 0.253 e. The Morgan fingerprint density at radius 3 is 2.56 bits per heavy atom. The van der Waals surface area contributed by atoms with Crippen LogP contribution in [0.3, 0.4) is 0 Å². The van der Waals surface area contributed by atoms with Gasteiger partial charge in [0.25, 0.3) is 5.91 Å². The van der Waals surface area contributed by atoms with E-state index in [0.29, 0.717) is 6.54 Å². The van der Waals surface area contributed by atoms with Crippen molar-refractivity contribution in [3.63, 3.8) is 0 Å². The standard InChI is InChI=1S/C9H20N4O3/c1-4-11-8(14)5-13(2)7(6-16-3)9(15)12-10/h7H,4-6,10H2,1-3H3,(H,11,14)(H,12,15). The summed E-state index contributed by atoms with van der Waals surface area (Å²) >= 11 is 0. The highest BCUT2D eigenvalue weighted by molar-refractivity contribution is 5.83. The van der Waals surface area contributed by atoms with Crippen molar-refractivity contribution >= 4 is 11.8 Å². The average molecular weight is 232 g/mol. The molecule has 7 nitrogen and oxygen atoms in total. The lowest BCUT2D eigenvalue weighted by Gasteiger charge is -2.25. The molecule has 1 atom stereocenters. The topological polar surface area (TPSA) is 96.7 Å². The Kier molecular flexibility index (Phi) is 7.44. The van der Waals surface area contributed by atoms with Crippen LogP contribution in [0.25, 0.3) is 0 Å². The first kappa shape index (κ1) is 14.8. The van der Waals surface area contributed by atoms with Crippen LogP contribution >= 0.6 is 0 Å². The Morgan fingerprint density at radius 1 is 1.50 bits per heavy atom. The second-order valence-corrected chi connectivity index (χ2v) is 3.35. The molecule has 0 aliphatic rings. The van der Waals surface area contributed by atoms with Gasteiger partial charge in [-0.1, -0.05) is 0 Å². The minimum absolute atomic E-state index is 0.120. The van der Waals surface area contributed by atoms with E-state index in [1.54, 1.807) is 11.9 Å². The van der Waals surface area contributed by atoms with Crippen molar-refractivity contribution < 1.29 is 14.3 Å². The van der Waals surface area contributed by atoms with Gasteiger partial charge in [-0.2, -0.15) is 0 Å². The van der Waals surface area contributed by atoms with E-state index in [2.05, 4.69) is 5.32 Å². The number of nitrogens with zero attached hydrogens (tertiary/aromatic N) is 1. The molecule has 1 unspecified atom stereocenters. The molecule has 7 heteroatoms. The van der Waals surface area contributed by atoms with Crippen LogP contribution in [0.4, 0.5) is 0 Å². The summed E-state index contributed by atoms with van der Waals surface area (Å²) in [4.78, 5) is 24.3. The Hall–Kier alpha value is -1.18. The predicted molar refractivity (Wildman–Crippen MR) is 59.3 cm³/mol. The molecule has 0 saturated heterocycles. The summed E-state index contributed by atoms with van der Waals surface area (Å²) in [5.41, 5.74) is 2.04. The molecule has 0 fully saturated rings. The summed E-state index contributed by atoms with van der Waals surface area (Å²) < 4.78 is 4.90. The number of amides is 2. The van der Waals surface area contributed by atoms with Gasteiger partial charge in [0.2, 0.25) is 5.91 Å². The van der Waals surface area contributed by atoms with Gasteiger partial charge in [0, 0.05) is 13.7 Å². The van der Waals surface area contributed by atoms with Gasteiger partial charge in [0.1, 0.15) is 6.04 Å². The van der Waals surface area contributed by atoms with E-state index in [1.807, 2.05) is 12.3 Å². The van der Waals surface area contributed by atoms with Gasteiger partial charge < -0.3 is 10.1 Å². The van der Waals surface area contributed by atoms with Crippen LogP contribution in [0.5, 0.6) is 0 Å². The van der Waals surface area contributed by atoms with Crippen molar-refractivity contribution in [2.75, 3.05) is 33.9 Å². The fourth-order valence-corrected chi connectivity index (χ4v) is 1.25. The Bertz CT molecular complexity index is 235. The predicted octanol–water partition coefficient (Wildman–Crippen LogP) is -1.94. The van der Waals surface area contributed by atoms with Crippen LogP contribution in [0, 0.1) is 0 Å². The van der Waals surface area contributed by atoms with Gasteiger partial charge >= 0.3 is 0 Å². The monoisotopic (exact) mass is 232 g/mol. The van der Waals surface area contributed by atoms with E-state index in [1.165, 1.54) is 7.11 Å². The summed E-state index contributed by atoms with van der Waals surface area (Å²) in [6.07, 6.45) is 0. The van der Waals surface area contributed by atoms with Gasteiger partial charge in [-0.3, -0.25) is 19.9 Å². The third-order valence-corrected chi connectivity index (χ3v) is 2.07. The number of nitrogens with two attached hydrogens (primary N) is 1. The first-order chi connectivity index (χ1) is 7.56. The molecule has 0 radical (unpaired) electrons. The summed E-state index contributed by atoms with van der Waals surface area (Å²) in [7, 11) is 3.14. The van der Waals surface area contributed by atoms with Crippen LogP contribution in [-0.4, -0.2) is 56.6 Å². The molecule has 0 aromatic carbocycles. The maximum absolute atomic E-state index is 11.4. The number of hydrogen-bond acceptors (Lipinski definition) is 5. The number of likely N-dealkylation sites (N-methyl/N-ethyl adjacent to an activating group) is 2. The lowest BCUT2D eigenvalue weighted by atomic mass is 10.2. The Morgan fingerprint density at radius 2 is 2.12 bits per heavy atom. The second kappa shape index (κ2) is 8.03. The lowest BCUT2D eigenvalue weighted by molar-refractivity contribution is -0.130. The molecule has 4 N–H and O–H groups in total. The van der Waals surface area contributed by atoms with E-state index >= 15 is 0 Å².